The predicted molar refractivity (Wildman–Crippen MR) is 89.2 cm³/mol. The van der Waals surface area contributed by atoms with E-state index in [-0.39, 0.29) is 5.91 Å². The van der Waals surface area contributed by atoms with Gasteiger partial charge in [-0.05, 0) is 68.4 Å². The summed E-state index contributed by atoms with van der Waals surface area (Å²) >= 11 is 1.63. The molecule has 1 aliphatic rings. The number of nitrogen functional groups attached to an aromatic ring is 1. The number of benzene rings is 1. The van der Waals surface area contributed by atoms with Crippen molar-refractivity contribution in [3.8, 4) is 0 Å². The van der Waals surface area contributed by atoms with E-state index in [2.05, 4.69) is 11.4 Å². The van der Waals surface area contributed by atoms with E-state index in [1.54, 1.807) is 11.3 Å². The van der Waals surface area contributed by atoms with Crippen molar-refractivity contribution >= 4 is 28.6 Å². The number of hydrogen-bond acceptors (Lipinski definition) is 3. The largest absolute Gasteiger partial charge is 0.398 e. The van der Waals surface area contributed by atoms with Gasteiger partial charge in [-0.1, -0.05) is 6.07 Å². The van der Waals surface area contributed by atoms with Crippen LogP contribution in [0.15, 0.2) is 18.2 Å². The van der Waals surface area contributed by atoms with E-state index in [0.29, 0.717) is 5.69 Å². The summed E-state index contributed by atoms with van der Waals surface area (Å²) < 4.78 is 0. The van der Waals surface area contributed by atoms with Crippen molar-refractivity contribution in [1.82, 2.24) is 0 Å². The lowest BCUT2D eigenvalue weighted by Gasteiger charge is -2.10. The van der Waals surface area contributed by atoms with Crippen LogP contribution in [-0.4, -0.2) is 5.91 Å². The molecule has 0 fully saturated rings. The van der Waals surface area contributed by atoms with Crippen LogP contribution in [0.1, 0.15) is 44.1 Å². The first-order valence-electron chi connectivity index (χ1n) is 7.34. The summed E-state index contributed by atoms with van der Waals surface area (Å²) in [6.07, 6.45) is 4.69. The summed E-state index contributed by atoms with van der Waals surface area (Å²) in [5, 5.41) is 3.00. The molecule has 0 aliphatic heterocycles. The lowest BCUT2D eigenvalue weighted by atomic mass is 9.99. The number of nitrogens with one attached hydrogen (secondary N) is 1. The molecule has 0 radical (unpaired) electrons. The molecule has 21 heavy (non-hydrogen) atoms. The van der Waals surface area contributed by atoms with Crippen molar-refractivity contribution in [3.05, 3.63) is 44.6 Å². The zero-order valence-corrected chi connectivity index (χ0v) is 13.3. The summed E-state index contributed by atoms with van der Waals surface area (Å²) in [6, 6.07) is 5.90. The van der Waals surface area contributed by atoms with Gasteiger partial charge in [-0.2, -0.15) is 0 Å². The molecule has 3 rings (SSSR count). The predicted octanol–water partition coefficient (Wildman–Crippen LogP) is 4.08. The maximum atomic E-state index is 12.4. The number of nitrogens with two attached hydrogens (primary N) is 1. The first-order chi connectivity index (χ1) is 10.0. The van der Waals surface area contributed by atoms with Crippen LogP contribution < -0.4 is 11.1 Å². The lowest BCUT2D eigenvalue weighted by molar-refractivity contribution is 0.103. The number of carbonyl (C=O) groups is 1. The zero-order chi connectivity index (χ0) is 15.0. The summed E-state index contributed by atoms with van der Waals surface area (Å²) in [7, 11) is 0. The normalized spacial score (nSPS) is 13.8. The maximum Gasteiger partial charge on any atom is 0.265 e. The van der Waals surface area contributed by atoms with Gasteiger partial charge in [0.1, 0.15) is 0 Å². The Morgan fingerprint density at radius 3 is 2.67 bits per heavy atom. The molecule has 1 aliphatic carbocycles. The molecule has 110 valence electrons. The number of anilines is 2. The smallest absolute Gasteiger partial charge is 0.265 e. The van der Waals surface area contributed by atoms with Gasteiger partial charge in [0.2, 0.25) is 0 Å². The molecular weight excluding hydrogens is 280 g/mol. The second-order valence-electron chi connectivity index (χ2n) is 5.74. The lowest BCUT2D eigenvalue weighted by Crippen LogP contribution is -2.11. The minimum Gasteiger partial charge on any atom is -0.398 e. The Hall–Kier alpha value is -1.81. The van der Waals surface area contributed by atoms with Crippen molar-refractivity contribution in [2.45, 2.75) is 39.5 Å². The van der Waals surface area contributed by atoms with Crippen LogP contribution in [0.4, 0.5) is 11.4 Å². The fourth-order valence-corrected chi connectivity index (χ4v) is 3.94. The molecule has 0 bridgehead atoms. The summed E-state index contributed by atoms with van der Waals surface area (Å²) in [5.41, 5.74) is 10.9. The highest BCUT2D eigenvalue weighted by Gasteiger charge is 2.17. The van der Waals surface area contributed by atoms with E-state index in [4.69, 9.17) is 5.73 Å². The van der Waals surface area contributed by atoms with Gasteiger partial charge >= 0.3 is 0 Å². The van der Waals surface area contributed by atoms with Crippen molar-refractivity contribution in [3.63, 3.8) is 0 Å². The number of hydrogen-bond donors (Lipinski definition) is 2. The topological polar surface area (TPSA) is 55.1 Å². The number of amides is 1. The van der Waals surface area contributed by atoms with Gasteiger partial charge in [0.15, 0.2) is 0 Å². The molecule has 3 nitrogen and oxygen atoms in total. The van der Waals surface area contributed by atoms with Crippen LogP contribution in [-0.2, 0) is 12.8 Å². The van der Waals surface area contributed by atoms with Gasteiger partial charge in [0, 0.05) is 16.3 Å². The van der Waals surface area contributed by atoms with Crippen LogP contribution >= 0.6 is 11.3 Å². The van der Waals surface area contributed by atoms with Crippen molar-refractivity contribution in [2.24, 2.45) is 0 Å². The summed E-state index contributed by atoms with van der Waals surface area (Å²) in [4.78, 5) is 14.6. The molecule has 3 N–H and O–H groups in total. The molecule has 1 aromatic heterocycles. The molecule has 1 heterocycles. The van der Waals surface area contributed by atoms with Gasteiger partial charge < -0.3 is 11.1 Å². The van der Waals surface area contributed by atoms with Gasteiger partial charge in [-0.15, -0.1) is 11.3 Å². The Labute approximate surface area is 129 Å². The number of fused-ring (bicyclic) bond motifs is 1. The molecule has 0 saturated heterocycles. The van der Waals surface area contributed by atoms with Crippen LogP contribution in [0.2, 0.25) is 0 Å². The molecule has 4 heteroatoms. The average Bonchev–Trinajstić information content (AvgIpc) is 2.88. The van der Waals surface area contributed by atoms with Crippen molar-refractivity contribution < 1.29 is 4.79 Å². The third-order valence-electron chi connectivity index (χ3n) is 4.08. The minimum atomic E-state index is -0.0271. The van der Waals surface area contributed by atoms with E-state index < -0.39 is 0 Å². The van der Waals surface area contributed by atoms with E-state index in [1.165, 1.54) is 23.3 Å². The minimum absolute atomic E-state index is 0.0271. The Bertz CT molecular complexity index is 680. The van der Waals surface area contributed by atoms with E-state index in [9.17, 15) is 4.79 Å². The third-order valence-corrected chi connectivity index (χ3v) is 5.32. The SMILES string of the molecule is Cc1cc(C)c(NC(=O)c2cc3c(s2)CCCC3)cc1N. The molecule has 1 amide bonds. The Morgan fingerprint density at radius 1 is 1.14 bits per heavy atom. The van der Waals surface area contributed by atoms with Crippen LogP contribution in [0, 0.1) is 13.8 Å². The highest BCUT2D eigenvalue weighted by molar-refractivity contribution is 7.14. The summed E-state index contributed by atoms with van der Waals surface area (Å²) in [6.45, 7) is 3.96. The molecule has 0 saturated carbocycles. The molecule has 2 aromatic rings. The highest BCUT2D eigenvalue weighted by atomic mass is 32.1. The van der Waals surface area contributed by atoms with Gasteiger partial charge in [0.25, 0.3) is 5.91 Å². The molecule has 0 spiro atoms. The fourth-order valence-electron chi connectivity index (χ4n) is 2.79. The van der Waals surface area contributed by atoms with Crippen LogP contribution in [0.25, 0.3) is 0 Å². The van der Waals surface area contributed by atoms with Gasteiger partial charge in [-0.3, -0.25) is 4.79 Å². The Morgan fingerprint density at radius 2 is 1.90 bits per heavy atom. The summed E-state index contributed by atoms with van der Waals surface area (Å²) in [5.74, 6) is -0.0271. The van der Waals surface area contributed by atoms with E-state index in [1.807, 2.05) is 26.0 Å². The zero-order valence-electron chi connectivity index (χ0n) is 12.5. The monoisotopic (exact) mass is 300 g/mol. The number of thiophene rings is 1. The number of carbonyl (C=O) groups excluding carboxylic acids is 1. The quantitative estimate of drug-likeness (QED) is 0.821. The van der Waals surface area contributed by atoms with Crippen LogP contribution in [0.3, 0.4) is 0 Å². The third kappa shape index (κ3) is 2.81. The van der Waals surface area contributed by atoms with Crippen molar-refractivity contribution in [1.29, 1.82) is 0 Å². The average molecular weight is 300 g/mol. The Kier molecular flexibility index (Phi) is 3.72. The highest BCUT2D eigenvalue weighted by Crippen LogP contribution is 2.30. The molecule has 0 unspecified atom stereocenters. The van der Waals surface area contributed by atoms with Crippen molar-refractivity contribution in [2.75, 3.05) is 11.1 Å². The maximum absolute atomic E-state index is 12.4. The van der Waals surface area contributed by atoms with E-state index >= 15 is 0 Å². The van der Waals surface area contributed by atoms with Crippen LogP contribution in [0.5, 0.6) is 0 Å². The molecular formula is C17H20N2OS. The first-order valence-corrected chi connectivity index (χ1v) is 8.16. The second kappa shape index (κ2) is 5.53. The van der Waals surface area contributed by atoms with E-state index in [0.717, 1.165) is 34.5 Å². The fraction of sp³-hybridized carbons (Fsp3) is 0.353. The van der Waals surface area contributed by atoms with Gasteiger partial charge in [0.05, 0.1) is 4.88 Å². The second-order valence-corrected chi connectivity index (χ2v) is 6.88. The first kappa shape index (κ1) is 14.1. The number of aryl methyl sites for hydroxylation is 4. The molecule has 1 aromatic carbocycles. The van der Waals surface area contributed by atoms with Gasteiger partial charge in [-0.25, -0.2) is 0 Å². The standard InChI is InChI=1S/C17H20N2OS/c1-10-7-11(2)14(9-13(10)18)19-17(20)16-8-12-5-3-4-6-15(12)21-16/h7-9H,3-6,18H2,1-2H3,(H,19,20). The number of rotatable bonds is 2. The molecule has 0 atom stereocenters. The Balaban J connectivity index is 1.83.